The van der Waals surface area contributed by atoms with Crippen LogP contribution < -0.4 is 5.32 Å². The summed E-state index contributed by atoms with van der Waals surface area (Å²) in [5, 5.41) is 3.42. The van der Waals surface area contributed by atoms with E-state index in [2.05, 4.69) is 63.2 Å². The third kappa shape index (κ3) is 4.07. The predicted octanol–water partition coefficient (Wildman–Crippen LogP) is 4.21. The molecular weight excluding hydrogens is 334 g/mol. The minimum atomic E-state index is 0.491. The number of methoxy groups -OCH3 is 1. The Kier molecular flexibility index (Phi) is 5.79. The normalized spacial score (nSPS) is 12.6. The van der Waals surface area contributed by atoms with Gasteiger partial charge in [0.25, 0.3) is 0 Å². The van der Waals surface area contributed by atoms with Crippen LogP contribution in [0.2, 0.25) is 0 Å². The van der Waals surface area contributed by atoms with Gasteiger partial charge < -0.3 is 10.1 Å². The van der Waals surface area contributed by atoms with Crippen molar-refractivity contribution in [3.05, 3.63) is 26.6 Å². The largest absolute Gasteiger partial charge is 0.384 e. The van der Waals surface area contributed by atoms with E-state index in [4.69, 9.17) is 4.74 Å². The van der Waals surface area contributed by atoms with Crippen LogP contribution in [0.15, 0.2) is 21.1 Å². The number of halogens is 2. The van der Waals surface area contributed by atoms with Gasteiger partial charge in [-0.05, 0) is 62.4 Å². The second-order valence-corrected chi connectivity index (χ2v) is 5.75. The van der Waals surface area contributed by atoms with Crippen LogP contribution in [-0.2, 0) is 4.74 Å². The molecule has 90 valence electrons. The lowest BCUT2D eigenvalue weighted by Gasteiger charge is -2.15. The van der Waals surface area contributed by atoms with Crippen molar-refractivity contribution < 1.29 is 4.74 Å². The summed E-state index contributed by atoms with van der Waals surface area (Å²) in [6.45, 7) is 5.90. The fraction of sp³-hybridized carbons (Fsp3) is 0.500. The van der Waals surface area contributed by atoms with Crippen molar-refractivity contribution in [2.75, 3.05) is 25.6 Å². The zero-order chi connectivity index (χ0) is 12.1. The number of nitrogens with one attached hydrogen (secondary N) is 1. The van der Waals surface area contributed by atoms with Crippen LogP contribution in [0.5, 0.6) is 0 Å². The summed E-state index contributed by atoms with van der Waals surface area (Å²) in [6.07, 6.45) is 0. The molecule has 0 saturated heterocycles. The summed E-state index contributed by atoms with van der Waals surface area (Å²) in [5.41, 5.74) is 2.34. The Bertz CT molecular complexity index is 332. The molecule has 0 spiro atoms. The number of aryl methyl sites for hydroxylation is 1. The quantitative estimate of drug-likeness (QED) is 0.858. The molecule has 16 heavy (non-hydrogen) atoms. The van der Waals surface area contributed by atoms with Crippen molar-refractivity contribution >= 4 is 37.5 Å². The van der Waals surface area contributed by atoms with E-state index in [1.54, 1.807) is 7.11 Å². The molecule has 0 aliphatic heterocycles. The van der Waals surface area contributed by atoms with Crippen LogP contribution in [-0.4, -0.2) is 20.3 Å². The van der Waals surface area contributed by atoms with E-state index in [1.807, 2.05) is 0 Å². The van der Waals surface area contributed by atoms with Gasteiger partial charge in [-0.25, -0.2) is 0 Å². The first kappa shape index (κ1) is 14.0. The van der Waals surface area contributed by atoms with Gasteiger partial charge in [-0.3, -0.25) is 0 Å². The maximum absolute atomic E-state index is 5.11. The number of rotatable bonds is 5. The molecule has 0 bridgehead atoms. The highest BCUT2D eigenvalue weighted by atomic mass is 79.9. The van der Waals surface area contributed by atoms with Gasteiger partial charge >= 0.3 is 0 Å². The Morgan fingerprint density at radius 2 is 1.88 bits per heavy atom. The summed E-state index contributed by atoms with van der Waals surface area (Å²) >= 11 is 7.13. The number of anilines is 1. The Labute approximate surface area is 114 Å². The maximum atomic E-state index is 5.11. The van der Waals surface area contributed by atoms with Crippen LogP contribution in [0.1, 0.15) is 12.5 Å². The van der Waals surface area contributed by atoms with E-state index in [0.29, 0.717) is 5.92 Å². The molecular formula is C12H17Br2NO. The molecule has 1 atom stereocenters. The second kappa shape index (κ2) is 6.62. The topological polar surface area (TPSA) is 21.3 Å². The van der Waals surface area contributed by atoms with Gasteiger partial charge in [0.15, 0.2) is 0 Å². The number of hydrogen-bond acceptors (Lipinski definition) is 2. The molecule has 0 fully saturated rings. The average molecular weight is 351 g/mol. The monoisotopic (exact) mass is 349 g/mol. The number of hydrogen-bond donors (Lipinski definition) is 1. The molecule has 0 aliphatic rings. The third-order valence-corrected chi connectivity index (χ3v) is 3.52. The minimum absolute atomic E-state index is 0.491. The Hall–Kier alpha value is -0.0600. The fourth-order valence-electron chi connectivity index (χ4n) is 1.49. The summed E-state index contributed by atoms with van der Waals surface area (Å²) < 4.78 is 7.28. The SMILES string of the molecule is COCC(C)CNc1c(Br)cc(C)cc1Br. The average Bonchev–Trinajstić information content (AvgIpc) is 2.16. The highest BCUT2D eigenvalue weighted by Gasteiger charge is 2.07. The molecule has 0 saturated carbocycles. The molecule has 1 aromatic carbocycles. The first-order valence-electron chi connectivity index (χ1n) is 5.23. The molecule has 1 N–H and O–H groups in total. The van der Waals surface area contributed by atoms with Crippen LogP contribution in [0.25, 0.3) is 0 Å². The van der Waals surface area contributed by atoms with Gasteiger partial charge in [0.1, 0.15) is 0 Å². The molecule has 0 amide bonds. The first-order valence-corrected chi connectivity index (χ1v) is 6.81. The molecule has 1 aromatic rings. The van der Waals surface area contributed by atoms with Gasteiger partial charge in [-0.15, -0.1) is 0 Å². The van der Waals surface area contributed by atoms with E-state index < -0.39 is 0 Å². The maximum Gasteiger partial charge on any atom is 0.0629 e. The molecule has 0 aromatic heterocycles. The Morgan fingerprint density at radius 3 is 2.38 bits per heavy atom. The van der Waals surface area contributed by atoms with E-state index in [9.17, 15) is 0 Å². The van der Waals surface area contributed by atoms with Crippen LogP contribution in [0.3, 0.4) is 0 Å². The minimum Gasteiger partial charge on any atom is -0.384 e. The highest BCUT2D eigenvalue weighted by Crippen LogP contribution is 2.32. The molecule has 0 aliphatic carbocycles. The fourth-order valence-corrected chi connectivity index (χ4v) is 3.18. The number of benzene rings is 1. The van der Waals surface area contributed by atoms with Gasteiger partial charge in [0.05, 0.1) is 12.3 Å². The first-order chi connectivity index (χ1) is 7.54. The smallest absolute Gasteiger partial charge is 0.0629 e. The zero-order valence-corrected chi connectivity index (χ0v) is 13.0. The van der Waals surface area contributed by atoms with Crippen molar-refractivity contribution in [2.24, 2.45) is 5.92 Å². The lowest BCUT2D eigenvalue weighted by atomic mass is 10.2. The standard InChI is InChI=1S/C12H17Br2NO/c1-8-4-10(13)12(11(14)5-8)15-6-9(2)7-16-3/h4-5,9,15H,6-7H2,1-3H3. The zero-order valence-electron chi connectivity index (χ0n) is 9.81. The summed E-state index contributed by atoms with van der Waals surface area (Å²) in [7, 11) is 1.73. The molecule has 0 radical (unpaired) electrons. The van der Waals surface area contributed by atoms with Crippen LogP contribution in [0.4, 0.5) is 5.69 Å². The van der Waals surface area contributed by atoms with Gasteiger partial charge in [-0.1, -0.05) is 6.92 Å². The van der Waals surface area contributed by atoms with E-state index >= 15 is 0 Å². The van der Waals surface area contributed by atoms with E-state index in [-0.39, 0.29) is 0 Å². The van der Waals surface area contributed by atoms with Crippen molar-refractivity contribution in [1.82, 2.24) is 0 Å². The second-order valence-electron chi connectivity index (χ2n) is 4.04. The lowest BCUT2D eigenvalue weighted by Crippen LogP contribution is -2.16. The highest BCUT2D eigenvalue weighted by molar-refractivity contribution is 9.11. The molecule has 1 rings (SSSR count). The van der Waals surface area contributed by atoms with Crippen molar-refractivity contribution in [3.63, 3.8) is 0 Å². The summed E-state index contributed by atoms with van der Waals surface area (Å²) in [6, 6.07) is 4.21. The van der Waals surface area contributed by atoms with Crippen LogP contribution >= 0.6 is 31.9 Å². The third-order valence-electron chi connectivity index (χ3n) is 2.26. The van der Waals surface area contributed by atoms with Crippen molar-refractivity contribution in [1.29, 1.82) is 0 Å². The molecule has 0 heterocycles. The van der Waals surface area contributed by atoms with E-state index in [1.165, 1.54) is 5.56 Å². The van der Waals surface area contributed by atoms with E-state index in [0.717, 1.165) is 27.8 Å². The predicted molar refractivity (Wildman–Crippen MR) is 76.1 cm³/mol. The van der Waals surface area contributed by atoms with Gasteiger partial charge in [0.2, 0.25) is 0 Å². The van der Waals surface area contributed by atoms with Crippen LogP contribution in [0, 0.1) is 12.8 Å². The van der Waals surface area contributed by atoms with Crippen molar-refractivity contribution in [2.45, 2.75) is 13.8 Å². The van der Waals surface area contributed by atoms with Gasteiger partial charge in [-0.2, -0.15) is 0 Å². The number of ether oxygens (including phenoxy) is 1. The van der Waals surface area contributed by atoms with Crippen molar-refractivity contribution in [3.8, 4) is 0 Å². The Morgan fingerprint density at radius 1 is 1.31 bits per heavy atom. The summed E-state index contributed by atoms with van der Waals surface area (Å²) in [4.78, 5) is 0. The molecule has 2 nitrogen and oxygen atoms in total. The Balaban J connectivity index is 2.67. The van der Waals surface area contributed by atoms with Gasteiger partial charge in [0, 0.05) is 22.6 Å². The lowest BCUT2D eigenvalue weighted by molar-refractivity contribution is 0.164. The molecule has 4 heteroatoms. The molecule has 1 unspecified atom stereocenters. The summed E-state index contributed by atoms with van der Waals surface area (Å²) in [5.74, 6) is 0.491.